The Hall–Kier alpha value is 0.01000. The first-order chi connectivity index (χ1) is 6.94. The Balaban J connectivity index is 2.66. The molecule has 84 valence electrons. The van der Waals surface area contributed by atoms with Crippen LogP contribution in [0.1, 0.15) is 13.8 Å². The van der Waals surface area contributed by atoms with Crippen LogP contribution in [0.25, 0.3) is 0 Å². The predicted molar refractivity (Wildman–Crippen MR) is 69.9 cm³/mol. The number of nitrogens with zero attached hydrogens (tertiary/aromatic N) is 1. The van der Waals surface area contributed by atoms with Gasteiger partial charge in [-0.15, -0.1) is 11.6 Å². The number of pyridine rings is 1. The average Bonchev–Trinajstić information content (AvgIpc) is 2.16. The topological polar surface area (TPSA) is 24.9 Å². The molecule has 0 fully saturated rings. The minimum absolute atomic E-state index is 0.0274. The van der Waals surface area contributed by atoms with Crippen LogP contribution in [0.5, 0.6) is 0 Å². The van der Waals surface area contributed by atoms with Gasteiger partial charge in [0.15, 0.2) is 0 Å². The predicted octanol–water partition coefficient (Wildman–Crippen LogP) is 4.17. The van der Waals surface area contributed by atoms with Gasteiger partial charge in [-0.1, -0.05) is 25.4 Å². The Labute approximate surface area is 108 Å². The summed E-state index contributed by atoms with van der Waals surface area (Å²) in [7, 11) is 0. The highest BCUT2D eigenvalue weighted by Gasteiger charge is 2.16. The molecule has 0 radical (unpaired) electrons. The Bertz CT molecular complexity index is 342. The van der Waals surface area contributed by atoms with Gasteiger partial charge in [0.1, 0.15) is 5.82 Å². The van der Waals surface area contributed by atoms with Crippen LogP contribution >= 0.6 is 39.1 Å². The van der Waals surface area contributed by atoms with Gasteiger partial charge < -0.3 is 5.32 Å². The van der Waals surface area contributed by atoms with Gasteiger partial charge in [0.05, 0.1) is 5.02 Å². The Kier molecular flexibility index (Phi) is 4.68. The lowest BCUT2D eigenvalue weighted by Gasteiger charge is -2.22. The van der Waals surface area contributed by atoms with E-state index in [4.69, 9.17) is 23.2 Å². The number of nitrogens with one attached hydrogen (secondary N) is 1. The van der Waals surface area contributed by atoms with Crippen molar-refractivity contribution in [3.8, 4) is 0 Å². The molecule has 0 aromatic carbocycles. The molecule has 1 N–H and O–H groups in total. The number of rotatable bonds is 4. The van der Waals surface area contributed by atoms with Crippen molar-refractivity contribution in [3.05, 3.63) is 21.8 Å². The largest absolute Gasteiger partial charge is 0.368 e. The fourth-order valence-corrected chi connectivity index (χ4v) is 1.71. The van der Waals surface area contributed by atoms with Crippen molar-refractivity contribution in [1.82, 2.24) is 4.98 Å². The van der Waals surface area contributed by atoms with Crippen molar-refractivity contribution in [3.63, 3.8) is 0 Å². The van der Waals surface area contributed by atoms with Crippen LogP contribution in [-0.4, -0.2) is 17.4 Å². The smallest absolute Gasteiger partial charge is 0.144 e. The molecule has 0 aliphatic carbocycles. The number of aromatic nitrogens is 1. The van der Waals surface area contributed by atoms with Crippen LogP contribution in [0.4, 0.5) is 5.82 Å². The van der Waals surface area contributed by atoms with E-state index in [2.05, 4.69) is 40.1 Å². The molecule has 0 amide bonds. The fraction of sp³-hybridized carbons (Fsp3) is 0.500. The summed E-state index contributed by atoms with van der Waals surface area (Å²) in [4.78, 5) is 4.18. The molecule has 2 nitrogen and oxygen atoms in total. The Morgan fingerprint density at radius 2 is 2.20 bits per heavy atom. The minimum atomic E-state index is 0.0274. The van der Waals surface area contributed by atoms with Crippen molar-refractivity contribution in [1.29, 1.82) is 0 Å². The summed E-state index contributed by atoms with van der Waals surface area (Å²) in [6, 6.07) is 1.81. The van der Waals surface area contributed by atoms with Crippen LogP contribution < -0.4 is 5.32 Å². The molecule has 0 aliphatic rings. The molecule has 0 unspecified atom stereocenters. The fourth-order valence-electron chi connectivity index (χ4n) is 0.915. The maximum absolute atomic E-state index is 6.01. The summed E-state index contributed by atoms with van der Waals surface area (Å²) in [5.41, 5.74) is 0.0274. The lowest BCUT2D eigenvalue weighted by molar-refractivity contribution is 0.449. The van der Waals surface area contributed by atoms with E-state index in [-0.39, 0.29) is 5.41 Å². The Morgan fingerprint density at radius 3 is 2.73 bits per heavy atom. The first-order valence-electron chi connectivity index (χ1n) is 4.55. The van der Waals surface area contributed by atoms with Gasteiger partial charge in [0, 0.05) is 23.1 Å². The standard InChI is InChI=1S/C10H13BrCl2N2/c1-10(2,5-12)6-15-9-8(13)3-7(11)4-14-9/h3-4H,5-6H2,1-2H3,(H,14,15). The van der Waals surface area contributed by atoms with E-state index in [0.29, 0.717) is 16.7 Å². The van der Waals surface area contributed by atoms with Gasteiger partial charge in [-0.05, 0) is 27.4 Å². The first kappa shape index (κ1) is 13.1. The summed E-state index contributed by atoms with van der Waals surface area (Å²) in [5, 5.41) is 3.79. The second-order valence-electron chi connectivity index (χ2n) is 4.14. The van der Waals surface area contributed by atoms with E-state index in [0.717, 1.165) is 11.0 Å². The molecule has 0 atom stereocenters. The monoisotopic (exact) mass is 310 g/mol. The molecule has 0 bridgehead atoms. The molecule has 15 heavy (non-hydrogen) atoms. The van der Waals surface area contributed by atoms with Crippen molar-refractivity contribution < 1.29 is 0 Å². The van der Waals surface area contributed by atoms with Crippen LogP contribution in [0.2, 0.25) is 5.02 Å². The van der Waals surface area contributed by atoms with Crippen LogP contribution in [0.15, 0.2) is 16.7 Å². The second kappa shape index (κ2) is 5.37. The third-order valence-electron chi connectivity index (χ3n) is 1.90. The summed E-state index contributed by atoms with van der Waals surface area (Å²) in [6.45, 7) is 4.91. The van der Waals surface area contributed by atoms with Gasteiger partial charge >= 0.3 is 0 Å². The van der Waals surface area contributed by atoms with Gasteiger partial charge in [-0.3, -0.25) is 0 Å². The molecule has 1 aromatic rings. The summed E-state index contributed by atoms with van der Waals surface area (Å²) in [5.74, 6) is 1.28. The zero-order valence-corrected chi connectivity index (χ0v) is 11.7. The summed E-state index contributed by atoms with van der Waals surface area (Å²) in [6.07, 6.45) is 1.71. The van der Waals surface area contributed by atoms with Gasteiger partial charge in [-0.25, -0.2) is 4.98 Å². The Morgan fingerprint density at radius 1 is 1.53 bits per heavy atom. The molecule has 0 saturated heterocycles. The molecule has 1 aromatic heterocycles. The van der Waals surface area contributed by atoms with Crippen molar-refractivity contribution in [2.24, 2.45) is 5.41 Å². The van der Waals surface area contributed by atoms with Crippen LogP contribution in [0.3, 0.4) is 0 Å². The second-order valence-corrected chi connectivity index (χ2v) is 5.73. The molecular weight excluding hydrogens is 299 g/mol. The molecular formula is C10H13BrCl2N2. The lowest BCUT2D eigenvalue weighted by atomic mass is 9.97. The van der Waals surface area contributed by atoms with Crippen LogP contribution in [0, 0.1) is 5.41 Å². The third kappa shape index (κ3) is 4.17. The van der Waals surface area contributed by atoms with E-state index < -0.39 is 0 Å². The molecule has 1 heterocycles. The highest BCUT2D eigenvalue weighted by Crippen LogP contribution is 2.24. The number of hydrogen-bond donors (Lipinski definition) is 1. The summed E-state index contributed by atoms with van der Waals surface area (Å²) >= 11 is 15.1. The SMILES string of the molecule is CC(C)(CCl)CNc1ncc(Br)cc1Cl. The van der Waals surface area contributed by atoms with Gasteiger partial charge in [-0.2, -0.15) is 0 Å². The van der Waals surface area contributed by atoms with Crippen molar-refractivity contribution >= 4 is 44.9 Å². The number of hydrogen-bond acceptors (Lipinski definition) is 2. The van der Waals surface area contributed by atoms with E-state index >= 15 is 0 Å². The average molecular weight is 312 g/mol. The number of halogens is 3. The lowest BCUT2D eigenvalue weighted by Crippen LogP contribution is -2.25. The molecule has 0 aliphatic heterocycles. The molecule has 0 spiro atoms. The number of alkyl halides is 1. The van der Waals surface area contributed by atoms with Gasteiger partial charge in [0.2, 0.25) is 0 Å². The van der Waals surface area contributed by atoms with E-state index in [1.165, 1.54) is 0 Å². The molecule has 0 saturated carbocycles. The van der Waals surface area contributed by atoms with E-state index in [1.807, 2.05) is 6.07 Å². The van der Waals surface area contributed by atoms with Gasteiger partial charge in [0.25, 0.3) is 0 Å². The maximum Gasteiger partial charge on any atom is 0.144 e. The minimum Gasteiger partial charge on any atom is -0.368 e. The molecule has 5 heteroatoms. The van der Waals surface area contributed by atoms with E-state index in [1.54, 1.807) is 6.20 Å². The normalized spacial score (nSPS) is 11.5. The highest BCUT2D eigenvalue weighted by atomic mass is 79.9. The van der Waals surface area contributed by atoms with Crippen molar-refractivity contribution in [2.45, 2.75) is 13.8 Å². The molecule has 1 rings (SSSR count). The highest BCUT2D eigenvalue weighted by molar-refractivity contribution is 9.10. The summed E-state index contributed by atoms with van der Waals surface area (Å²) < 4.78 is 0.870. The van der Waals surface area contributed by atoms with Crippen LogP contribution in [-0.2, 0) is 0 Å². The van der Waals surface area contributed by atoms with E-state index in [9.17, 15) is 0 Å². The number of anilines is 1. The van der Waals surface area contributed by atoms with Crippen molar-refractivity contribution in [2.75, 3.05) is 17.7 Å². The third-order valence-corrected chi connectivity index (χ3v) is 3.35. The zero-order valence-electron chi connectivity index (χ0n) is 8.65. The quantitative estimate of drug-likeness (QED) is 0.844. The zero-order chi connectivity index (χ0) is 11.5. The first-order valence-corrected chi connectivity index (χ1v) is 6.26. The maximum atomic E-state index is 6.01.